The number of aryl methyl sites for hydroxylation is 2. The maximum Gasteiger partial charge on any atom is 0.251 e. The standard InChI is InChI=1S/C22H26N4O/c1-26-20-10-5-4-9-19(20)25-21(26)11-6-13-24-22(27)18-8-3-2-7-17(18)16-12-14-23-15-16/h2-5,7-10,16,23H,6,11-15H2,1H3,(H,24,27)/t16-/m0/s1. The van der Waals surface area contributed by atoms with E-state index in [2.05, 4.69) is 34.4 Å². The van der Waals surface area contributed by atoms with Gasteiger partial charge in [0.1, 0.15) is 5.82 Å². The van der Waals surface area contributed by atoms with Crippen LogP contribution >= 0.6 is 0 Å². The summed E-state index contributed by atoms with van der Waals surface area (Å²) in [6.07, 6.45) is 2.81. The van der Waals surface area contributed by atoms with Crippen LogP contribution in [0.3, 0.4) is 0 Å². The number of para-hydroxylation sites is 2. The Morgan fingerprint density at radius 2 is 2.04 bits per heavy atom. The number of benzene rings is 2. The lowest BCUT2D eigenvalue weighted by molar-refractivity contribution is 0.0952. The van der Waals surface area contributed by atoms with E-state index in [-0.39, 0.29) is 5.91 Å². The van der Waals surface area contributed by atoms with Gasteiger partial charge < -0.3 is 15.2 Å². The van der Waals surface area contributed by atoms with Crippen molar-refractivity contribution in [2.45, 2.75) is 25.2 Å². The van der Waals surface area contributed by atoms with Crippen molar-refractivity contribution in [2.24, 2.45) is 7.05 Å². The summed E-state index contributed by atoms with van der Waals surface area (Å²) in [4.78, 5) is 17.4. The van der Waals surface area contributed by atoms with Crippen LogP contribution in [-0.4, -0.2) is 35.1 Å². The summed E-state index contributed by atoms with van der Waals surface area (Å²) in [7, 11) is 2.05. The van der Waals surface area contributed by atoms with Crippen molar-refractivity contribution in [3.63, 3.8) is 0 Å². The van der Waals surface area contributed by atoms with Gasteiger partial charge in [0.2, 0.25) is 0 Å². The summed E-state index contributed by atoms with van der Waals surface area (Å²) in [5.41, 5.74) is 4.15. The molecule has 0 spiro atoms. The van der Waals surface area contributed by atoms with Crippen LogP contribution in [0.15, 0.2) is 48.5 Å². The number of hydrogen-bond donors (Lipinski definition) is 2. The second-order valence-corrected chi connectivity index (χ2v) is 7.21. The van der Waals surface area contributed by atoms with Gasteiger partial charge in [-0.05, 0) is 49.1 Å². The molecule has 1 aliphatic heterocycles. The number of aromatic nitrogens is 2. The lowest BCUT2D eigenvalue weighted by Gasteiger charge is -2.14. The van der Waals surface area contributed by atoms with E-state index in [1.807, 2.05) is 36.4 Å². The molecule has 2 heterocycles. The smallest absolute Gasteiger partial charge is 0.251 e. The van der Waals surface area contributed by atoms with E-state index in [1.165, 1.54) is 0 Å². The molecule has 4 rings (SSSR count). The van der Waals surface area contributed by atoms with E-state index in [0.29, 0.717) is 12.5 Å². The SMILES string of the molecule is Cn1c(CCCNC(=O)c2ccccc2[C@H]2CCNC2)nc2ccccc21. The monoisotopic (exact) mass is 362 g/mol. The van der Waals surface area contributed by atoms with Gasteiger partial charge in [-0.1, -0.05) is 30.3 Å². The molecule has 1 atom stereocenters. The van der Waals surface area contributed by atoms with Gasteiger partial charge in [0.25, 0.3) is 5.91 Å². The molecule has 27 heavy (non-hydrogen) atoms. The maximum absolute atomic E-state index is 12.7. The number of hydrogen-bond acceptors (Lipinski definition) is 3. The van der Waals surface area contributed by atoms with Crippen molar-refractivity contribution < 1.29 is 4.79 Å². The molecule has 1 aromatic heterocycles. The Morgan fingerprint density at radius 3 is 2.85 bits per heavy atom. The number of imidazole rings is 1. The molecule has 1 fully saturated rings. The van der Waals surface area contributed by atoms with Crippen molar-refractivity contribution in [2.75, 3.05) is 19.6 Å². The van der Waals surface area contributed by atoms with Crippen molar-refractivity contribution in [3.05, 3.63) is 65.5 Å². The Morgan fingerprint density at radius 1 is 1.22 bits per heavy atom. The van der Waals surface area contributed by atoms with Gasteiger partial charge in [-0.15, -0.1) is 0 Å². The Balaban J connectivity index is 1.35. The maximum atomic E-state index is 12.7. The van der Waals surface area contributed by atoms with E-state index in [9.17, 15) is 4.79 Å². The van der Waals surface area contributed by atoms with Gasteiger partial charge in [-0.2, -0.15) is 0 Å². The molecule has 0 saturated carbocycles. The average Bonchev–Trinajstić information content (AvgIpc) is 3.34. The molecule has 0 aliphatic carbocycles. The van der Waals surface area contributed by atoms with Crippen LogP contribution in [0.4, 0.5) is 0 Å². The molecule has 140 valence electrons. The Hall–Kier alpha value is -2.66. The van der Waals surface area contributed by atoms with Crippen molar-refractivity contribution in [3.8, 4) is 0 Å². The van der Waals surface area contributed by atoms with E-state index < -0.39 is 0 Å². The fourth-order valence-electron chi connectivity index (χ4n) is 3.94. The highest BCUT2D eigenvalue weighted by molar-refractivity contribution is 5.95. The van der Waals surface area contributed by atoms with E-state index >= 15 is 0 Å². The second-order valence-electron chi connectivity index (χ2n) is 7.21. The number of carbonyl (C=O) groups is 1. The van der Waals surface area contributed by atoms with Gasteiger partial charge in [0.15, 0.2) is 0 Å². The van der Waals surface area contributed by atoms with Crippen LogP contribution in [0.5, 0.6) is 0 Å². The molecule has 3 aromatic rings. The third kappa shape index (κ3) is 3.74. The van der Waals surface area contributed by atoms with Gasteiger partial charge in [0, 0.05) is 32.1 Å². The number of rotatable bonds is 6. The van der Waals surface area contributed by atoms with Crippen LogP contribution in [0.25, 0.3) is 11.0 Å². The van der Waals surface area contributed by atoms with E-state index in [1.54, 1.807) is 0 Å². The topological polar surface area (TPSA) is 59.0 Å². The van der Waals surface area contributed by atoms with Gasteiger partial charge in [0.05, 0.1) is 11.0 Å². The first-order chi connectivity index (χ1) is 13.2. The summed E-state index contributed by atoms with van der Waals surface area (Å²) in [6.45, 7) is 2.63. The predicted octanol–water partition coefficient (Wildman–Crippen LogP) is 3.01. The number of carbonyl (C=O) groups excluding carboxylic acids is 1. The number of fused-ring (bicyclic) bond motifs is 1. The zero-order valence-corrected chi connectivity index (χ0v) is 15.7. The number of nitrogens with zero attached hydrogens (tertiary/aromatic N) is 2. The highest BCUT2D eigenvalue weighted by atomic mass is 16.1. The fraction of sp³-hybridized carbons (Fsp3) is 0.364. The lowest BCUT2D eigenvalue weighted by atomic mass is 9.93. The predicted molar refractivity (Wildman–Crippen MR) is 108 cm³/mol. The normalized spacial score (nSPS) is 16.7. The van der Waals surface area contributed by atoms with Crippen molar-refractivity contribution in [1.82, 2.24) is 20.2 Å². The summed E-state index contributed by atoms with van der Waals surface area (Å²) >= 11 is 0. The zero-order valence-electron chi connectivity index (χ0n) is 15.7. The minimum Gasteiger partial charge on any atom is -0.352 e. The fourth-order valence-corrected chi connectivity index (χ4v) is 3.94. The molecule has 5 heteroatoms. The quantitative estimate of drug-likeness (QED) is 0.663. The highest BCUT2D eigenvalue weighted by Crippen LogP contribution is 2.25. The van der Waals surface area contributed by atoms with E-state index in [4.69, 9.17) is 4.98 Å². The summed E-state index contributed by atoms with van der Waals surface area (Å²) in [6, 6.07) is 16.2. The molecule has 0 unspecified atom stereocenters. The Bertz CT molecular complexity index is 940. The Kier molecular flexibility index (Phi) is 5.21. The third-order valence-electron chi connectivity index (χ3n) is 5.45. The van der Waals surface area contributed by atoms with E-state index in [0.717, 1.165) is 60.3 Å². The molecular weight excluding hydrogens is 336 g/mol. The van der Waals surface area contributed by atoms with Gasteiger partial charge in [-0.3, -0.25) is 4.79 Å². The molecule has 1 aliphatic rings. The lowest BCUT2D eigenvalue weighted by Crippen LogP contribution is -2.26. The largest absolute Gasteiger partial charge is 0.352 e. The zero-order chi connectivity index (χ0) is 18.6. The molecule has 0 bridgehead atoms. The van der Waals surface area contributed by atoms with Crippen molar-refractivity contribution in [1.29, 1.82) is 0 Å². The van der Waals surface area contributed by atoms with Crippen LogP contribution in [0.2, 0.25) is 0 Å². The first-order valence-corrected chi connectivity index (χ1v) is 9.72. The molecular formula is C22H26N4O. The van der Waals surface area contributed by atoms with Gasteiger partial charge in [-0.25, -0.2) is 4.98 Å². The van der Waals surface area contributed by atoms with Crippen LogP contribution in [-0.2, 0) is 13.5 Å². The van der Waals surface area contributed by atoms with Crippen LogP contribution in [0.1, 0.15) is 40.5 Å². The molecule has 5 nitrogen and oxygen atoms in total. The molecule has 2 N–H and O–H groups in total. The highest BCUT2D eigenvalue weighted by Gasteiger charge is 2.21. The minimum atomic E-state index is 0.0301. The summed E-state index contributed by atoms with van der Waals surface area (Å²) < 4.78 is 2.14. The minimum absolute atomic E-state index is 0.0301. The number of amides is 1. The third-order valence-corrected chi connectivity index (χ3v) is 5.45. The Labute approximate surface area is 159 Å². The second kappa shape index (κ2) is 7.92. The molecule has 2 aromatic carbocycles. The van der Waals surface area contributed by atoms with Crippen LogP contribution < -0.4 is 10.6 Å². The molecule has 1 saturated heterocycles. The van der Waals surface area contributed by atoms with Crippen LogP contribution in [0, 0.1) is 0 Å². The first kappa shape index (κ1) is 17.7. The summed E-state index contributed by atoms with van der Waals surface area (Å²) in [5, 5.41) is 6.47. The van der Waals surface area contributed by atoms with Gasteiger partial charge >= 0.3 is 0 Å². The number of nitrogens with one attached hydrogen (secondary N) is 2. The summed E-state index contributed by atoms with van der Waals surface area (Å²) in [5.74, 6) is 1.53. The van der Waals surface area contributed by atoms with Crippen molar-refractivity contribution >= 4 is 16.9 Å². The first-order valence-electron chi connectivity index (χ1n) is 9.72. The average molecular weight is 362 g/mol. The molecule has 0 radical (unpaired) electrons. The molecule has 1 amide bonds.